The molecule has 0 saturated heterocycles. The van der Waals surface area contributed by atoms with Gasteiger partial charge in [-0.25, -0.2) is 13.1 Å². The molecule has 3 atom stereocenters. The van der Waals surface area contributed by atoms with Crippen molar-refractivity contribution in [1.29, 1.82) is 0 Å². The van der Waals surface area contributed by atoms with E-state index in [1.165, 1.54) is 5.56 Å². The van der Waals surface area contributed by atoms with E-state index in [9.17, 15) is 13.2 Å². The lowest BCUT2D eigenvalue weighted by molar-refractivity contribution is -0.120. The molecule has 2 aliphatic carbocycles. The molecule has 40 heavy (non-hydrogen) atoms. The molecule has 204 valence electrons. The van der Waals surface area contributed by atoms with E-state index in [0.29, 0.717) is 13.0 Å². The third kappa shape index (κ3) is 5.58. The van der Waals surface area contributed by atoms with Crippen LogP contribution in [0, 0.1) is 12.8 Å². The molecule has 3 aromatic carbocycles. The second-order valence-corrected chi connectivity index (χ2v) is 12.5. The second kappa shape index (κ2) is 11.0. The van der Waals surface area contributed by atoms with Crippen molar-refractivity contribution in [2.75, 3.05) is 4.90 Å². The maximum Gasteiger partial charge on any atom is 0.241 e. The molecule has 0 radical (unpaired) electrons. The summed E-state index contributed by atoms with van der Waals surface area (Å²) < 4.78 is 29.3. The fraction of sp³-hybridized carbons (Fsp3) is 0.273. The van der Waals surface area contributed by atoms with Gasteiger partial charge in [-0.2, -0.15) is 0 Å². The average Bonchev–Trinajstić information content (AvgIpc) is 3.78. The van der Waals surface area contributed by atoms with Gasteiger partial charge in [0.1, 0.15) is 0 Å². The minimum Gasteiger partial charge on any atom is -0.306 e. The van der Waals surface area contributed by atoms with Gasteiger partial charge in [0.25, 0.3) is 0 Å². The third-order valence-electron chi connectivity index (χ3n) is 7.97. The average molecular weight is 552 g/mol. The Morgan fingerprint density at radius 1 is 0.950 bits per heavy atom. The zero-order valence-corrected chi connectivity index (χ0v) is 23.3. The number of hydrogen-bond acceptors (Lipinski definition) is 4. The first-order valence-electron chi connectivity index (χ1n) is 13.9. The SMILES string of the molecule is Cc1cccc(CN(C(=O)C2C[C@H]2c2ccccc2)c2ccc3c(c2)[C@@H](NS(=O)(=O)c2ccccc2)CCC3)n1. The lowest BCUT2D eigenvalue weighted by Crippen LogP contribution is -2.34. The van der Waals surface area contributed by atoms with Crippen molar-refractivity contribution in [3.05, 3.63) is 125 Å². The molecule has 6 nitrogen and oxygen atoms in total. The van der Waals surface area contributed by atoms with E-state index in [4.69, 9.17) is 0 Å². The van der Waals surface area contributed by atoms with Crippen molar-refractivity contribution in [3.8, 4) is 0 Å². The van der Waals surface area contributed by atoms with E-state index in [1.807, 2.05) is 60.4 Å². The Morgan fingerprint density at radius 3 is 2.45 bits per heavy atom. The summed E-state index contributed by atoms with van der Waals surface area (Å²) in [5, 5.41) is 0. The van der Waals surface area contributed by atoms with Gasteiger partial charge in [-0.1, -0.05) is 60.7 Å². The maximum absolute atomic E-state index is 14.0. The molecule has 1 N–H and O–H groups in total. The van der Waals surface area contributed by atoms with Crippen LogP contribution in [0.2, 0.25) is 0 Å². The Hall–Kier alpha value is -3.81. The number of rotatable bonds is 8. The molecule has 1 unspecified atom stereocenters. The standard InChI is InChI=1S/C33H33N3O3S/c1-23-10-8-14-26(34-23)22-36(33(37)31-21-29(31)24-11-4-2-5-12-24)27-19-18-25-13-9-17-32(30(25)20-27)35-40(38,39)28-15-6-3-7-16-28/h2-8,10-12,14-16,18-20,29,31-32,35H,9,13,17,21-22H2,1H3/t29-,31?,32-/m0/s1. The minimum atomic E-state index is -3.69. The number of nitrogens with zero attached hydrogens (tertiary/aromatic N) is 2. The predicted molar refractivity (Wildman–Crippen MR) is 156 cm³/mol. The molecule has 1 saturated carbocycles. The molecule has 1 heterocycles. The summed E-state index contributed by atoms with van der Waals surface area (Å²) in [4.78, 5) is 20.8. The molecule has 0 bridgehead atoms. The largest absolute Gasteiger partial charge is 0.306 e. The van der Waals surface area contributed by atoms with Crippen LogP contribution in [-0.4, -0.2) is 19.3 Å². The Morgan fingerprint density at radius 2 is 1.70 bits per heavy atom. The van der Waals surface area contributed by atoms with Gasteiger partial charge in [-0.05, 0) is 91.6 Å². The first kappa shape index (κ1) is 26.4. The fourth-order valence-corrected chi connectivity index (χ4v) is 7.09. The summed E-state index contributed by atoms with van der Waals surface area (Å²) in [6, 6.07) is 30.3. The van der Waals surface area contributed by atoms with Gasteiger partial charge in [0.15, 0.2) is 0 Å². The number of nitrogens with one attached hydrogen (secondary N) is 1. The van der Waals surface area contributed by atoms with Crippen LogP contribution in [0.3, 0.4) is 0 Å². The first-order chi connectivity index (χ1) is 19.4. The van der Waals surface area contributed by atoms with Crippen LogP contribution in [0.15, 0.2) is 102 Å². The minimum absolute atomic E-state index is 0.0781. The van der Waals surface area contributed by atoms with Crippen LogP contribution in [0.25, 0.3) is 0 Å². The van der Waals surface area contributed by atoms with Gasteiger partial charge in [0, 0.05) is 23.3 Å². The normalized spacial score (nSPS) is 20.0. The van der Waals surface area contributed by atoms with Crippen LogP contribution in [-0.2, 0) is 27.8 Å². The summed E-state index contributed by atoms with van der Waals surface area (Å²) in [5.41, 5.74) is 5.74. The van der Waals surface area contributed by atoms with Crippen molar-refractivity contribution in [2.45, 2.75) is 56.0 Å². The fourth-order valence-electron chi connectivity index (χ4n) is 5.81. The molecule has 6 rings (SSSR count). The highest BCUT2D eigenvalue weighted by Gasteiger charge is 2.46. The molecular weight excluding hydrogens is 518 g/mol. The Labute approximate surface area is 236 Å². The number of pyridine rings is 1. The predicted octanol–water partition coefficient (Wildman–Crippen LogP) is 6.08. The Bertz CT molecular complexity index is 1620. The molecule has 0 aliphatic heterocycles. The summed E-state index contributed by atoms with van der Waals surface area (Å²) in [6.45, 7) is 2.31. The summed E-state index contributed by atoms with van der Waals surface area (Å²) in [7, 11) is -3.69. The first-order valence-corrected chi connectivity index (χ1v) is 15.4. The molecule has 2 aliphatic rings. The number of fused-ring (bicyclic) bond motifs is 1. The molecule has 0 spiro atoms. The number of aromatic nitrogens is 1. The number of hydrogen-bond donors (Lipinski definition) is 1. The van der Waals surface area contributed by atoms with Gasteiger partial charge in [0.05, 0.1) is 17.1 Å². The van der Waals surface area contributed by atoms with Crippen molar-refractivity contribution in [1.82, 2.24) is 9.71 Å². The van der Waals surface area contributed by atoms with E-state index in [2.05, 4.69) is 27.9 Å². The third-order valence-corrected chi connectivity index (χ3v) is 9.46. The van der Waals surface area contributed by atoms with Crippen LogP contribution in [0.4, 0.5) is 5.69 Å². The van der Waals surface area contributed by atoms with Crippen LogP contribution >= 0.6 is 0 Å². The molecule has 1 fully saturated rings. The van der Waals surface area contributed by atoms with Crippen molar-refractivity contribution in [2.24, 2.45) is 5.92 Å². The number of amides is 1. The van der Waals surface area contributed by atoms with E-state index in [-0.39, 0.29) is 28.7 Å². The van der Waals surface area contributed by atoms with Crippen molar-refractivity contribution < 1.29 is 13.2 Å². The van der Waals surface area contributed by atoms with Gasteiger partial charge >= 0.3 is 0 Å². The molecule has 1 aromatic heterocycles. The number of anilines is 1. The van der Waals surface area contributed by atoms with Gasteiger partial charge in [-0.15, -0.1) is 0 Å². The van der Waals surface area contributed by atoms with Crippen LogP contribution < -0.4 is 9.62 Å². The highest BCUT2D eigenvalue weighted by molar-refractivity contribution is 7.89. The molecular formula is C33H33N3O3S. The van der Waals surface area contributed by atoms with Crippen molar-refractivity contribution >= 4 is 21.6 Å². The quantitative estimate of drug-likeness (QED) is 0.288. The summed E-state index contributed by atoms with van der Waals surface area (Å²) in [5.74, 6) is 0.203. The zero-order valence-electron chi connectivity index (χ0n) is 22.5. The van der Waals surface area contributed by atoms with E-state index in [0.717, 1.165) is 47.5 Å². The Kier molecular flexibility index (Phi) is 7.26. The van der Waals surface area contributed by atoms with Gasteiger partial charge in [-0.3, -0.25) is 9.78 Å². The van der Waals surface area contributed by atoms with E-state index in [1.54, 1.807) is 30.3 Å². The zero-order chi connectivity index (χ0) is 27.7. The maximum atomic E-state index is 14.0. The topological polar surface area (TPSA) is 79.4 Å². The number of aryl methyl sites for hydroxylation is 2. The number of carbonyl (C=O) groups is 1. The lowest BCUT2D eigenvalue weighted by atomic mass is 9.87. The lowest BCUT2D eigenvalue weighted by Gasteiger charge is -2.29. The molecule has 4 aromatic rings. The highest BCUT2D eigenvalue weighted by atomic mass is 32.2. The Balaban J connectivity index is 1.32. The van der Waals surface area contributed by atoms with Gasteiger partial charge in [0.2, 0.25) is 15.9 Å². The van der Waals surface area contributed by atoms with Crippen LogP contribution in [0.1, 0.15) is 59.3 Å². The smallest absolute Gasteiger partial charge is 0.241 e. The number of benzene rings is 3. The van der Waals surface area contributed by atoms with Crippen LogP contribution in [0.5, 0.6) is 0 Å². The second-order valence-electron chi connectivity index (χ2n) is 10.8. The highest BCUT2D eigenvalue weighted by Crippen LogP contribution is 2.49. The summed E-state index contributed by atoms with van der Waals surface area (Å²) >= 11 is 0. The molecule has 1 amide bonds. The van der Waals surface area contributed by atoms with Gasteiger partial charge < -0.3 is 4.90 Å². The van der Waals surface area contributed by atoms with E-state index < -0.39 is 10.0 Å². The monoisotopic (exact) mass is 551 g/mol. The number of sulfonamides is 1. The summed E-state index contributed by atoms with van der Waals surface area (Å²) in [6.07, 6.45) is 3.30. The number of carbonyl (C=O) groups excluding carboxylic acids is 1. The molecule has 7 heteroatoms. The van der Waals surface area contributed by atoms with E-state index >= 15 is 0 Å². The van der Waals surface area contributed by atoms with Crippen molar-refractivity contribution in [3.63, 3.8) is 0 Å².